The maximum absolute atomic E-state index is 12.3. The maximum Gasteiger partial charge on any atom is 0.328 e. The molecule has 1 aromatic carbocycles. The molecular formula is C19H27N5O7. The Morgan fingerprint density at radius 2 is 1.61 bits per heavy atom. The predicted molar refractivity (Wildman–Crippen MR) is 108 cm³/mol. The molecule has 1 aromatic rings. The molecule has 3 atom stereocenters. The van der Waals surface area contributed by atoms with Gasteiger partial charge in [0, 0.05) is 6.42 Å². The van der Waals surface area contributed by atoms with Crippen LogP contribution in [0.4, 0.5) is 0 Å². The summed E-state index contributed by atoms with van der Waals surface area (Å²) in [6, 6.07) is 5.25. The van der Waals surface area contributed by atoms with Crippen LogP contribution in [0.3, 0.4) is 0 Å². The number of aliphatic hydroxyl groups is 1. The van der Waals surface area contributed by atoms with Gasteiger partial charge in [0.1, 0.15) is 12.1 Å². The number of carbonyl (C=O) groups excluding carboxylic acids is 4. The number of hydrogen-bond donors (Lipinski definition) is 7. The monoisotopic (exact) mass is 437 g/mol. The summed E-state index contributed by atoms with van der Waals surface area (Å²) in [5.74, 6) is -4.48. The number of carboxylic acid groups (broad SMARTS) is 1. The van der Waals surface area contributed by atoms with Crippen molar-refractivity contribution in [3.05, 3.63) is 35.9 Å². The summed E-state index contributed by atoms with van der Waals surface area (Å²) in [7, 11) is 0. The molecule has 0 aromatic heterocycles. The van der Waals surface area contributed by atoms with Crippen molar-refractivity contribution in [2.24, 2.45) is 11.5 Å². The fourth-order valence-corrected chi connectivity index (χ4v) is 2.52. The Bertz CT molecular complexity index is 787. The molecule has 0 spiro atoms. The van der Waals surface area contributed by atoms with Crippen LogP contribution in [0.2, 0.25) is 0 Å². The first kappa shape index (κ1) is 25.5. The van der Waals surface area contributed by atoms with Gasteiger partial charge in [-0.2, -0.15) is 0 Å². The fourth-order valence-electron chi connectivity index (χ4n) is 2.52. The number of benzene rings is 1. The van der Waals surface area contributed by atoms with E-state index in [1.807, 2.05) is 11.4 Å². The minimum atomic E-state index is -1.59. The van der Waals surface area contributed by atoms with Gasteiger partial charge in [0.15, 0.2) is 0 Å². The Balaban J connectivity index is 2.62. The van der Waals surface area contributed by atoms with Gasteiger partial charge in [-0.1, -0.05) is 30.3 Å². The van der Waals surface area contributed by atoms with Gasteiger partial charge >= 0.3 is 5.97 Å². The van der Waals surface area contributed by atoms with E-state index >= 15 is 0 Å². The van der Waals surface area contributed by atoms with Crippen molar-refractivity contribution in [2.75, 3.05) is 13.2 Å². The zero-order valence-electron chi connectivity index (χ0n) is 16.7. The van der Waals surface area contributed by atoms with Gasteiger partial charge in [0.05, 0.1) is 19.2 Å². The van der Waals surface area contributed by atoms with Crippen LogP contribution in [0.25, 0.3) is 0 Å². The largest absolute Gasteiger partial charge is 0.480 e. The maximum atomic E-state index is 12.3. The second kappa shape index (κ2) is 12.9. The Morgan fingerprint density at radius 3 is 2.16 bits per heavy atom. The summed E-state index contributed by atoms with van der Waals surface area (Å²) < 4.78 is 0. The Labute approximate surface area is 178 Å². The number of nitrogens with one attached hydrogen (secondary N) is 3. The van der Waals surface area contributed by atoms with E-state index in [-0.39, 0.29) is 19.3 Å². The molecule has 0 fully saturated rings. The van der Waals surface area contributed by atoms with E-state index in [0.29, 0.717) is 0 Å². The number of amides is 4. The molecule has 0 saturated heterocycles. The molecule has 3 unspecified atom stereocenters. The molecule has 0 heterocycles. The molecule has 0 saturated carbocycles. The highest BCUT2D eigenvalue weighted by atomic mass is 16.4. The first-order valence-electron chi connectivity index (χ1n) is 9.43. The number of carboxylic acids is 1. The lowest BCUT2D eigenvalue weighted by molar-refractivity contribution is -0.143. The third kappa shape index (κ3) is 9.69. The highest BCUT2D eigenvalue weighted by molar-refractivity contribution is 5.92. The van der Waals surface area contributed by atoms with Gasteiger partial charge in [-0.25, -0.2) is 4.79 Å². The average molecular weight is 437 g/mol. The minimum Gasteiger partial charge on any atom is -0.480 e. The van der Waals surface area contributed by atoms with Crippen LogP contribution in [0, 0.1) is 0 Å². The van der Waals surface area contributed by atoms with Crippen LogP contribution < -0.4 is 27.4 Å². The zero-order valence-corrected chi connectivity index (χ0v) is 16.7. The van der Waals surface area contributed by atoms with E-state index in [2.05, 4.69) is 10.6 Å². The lowest BCUT2D eigenvalue weighted by Crippen LogP contribution is -2.54. The molecule has 4 amide bonds. The smallest absolute Gasteiger partial charge is 0.328 e. The summed E-state index contributed by atoms with van der Waals surface area (Å²) in [5, 5.41) is 24.6. The van der Waals surface area contributed by atoms with Crippen LogP contribution in [0.15, 0.2) is 30.3 Å². The summed E-state index contributed by atoms with van der Waals surface area (Å²) in [5.41, 5.74) is 11.7. The number of aliphatic carboxylic acids is 1. The van der Waals surface area contributed by atoms with E-state index in [1.54, 1.807) is 24.3 Å². The van der Waals surface area contributed by atoms with E-state index in [9.17, 15) is 24.0 Å². The lowest BCUT2D eigenvalue weighted by Gasteiger charge is -2.20. The van der Waals surface area contributed by atoms with Crippen LogP contribution >= 0.6 is 0 Å². The minimum absolute atomic E-state index is 0.202. The molecule has 31 heavy (non-hydrogen) atoms. The molecule has 1 rings (SSSR count). The molecule has 0 aliphatic rings. The van der Waals surface area contributed by atoms with E-state index in [0.717, 1.165) is 5.56 Å². The van der Waals surface area contributed by atoms with Crippen molar-refractivity contribution in [3.8, 4) is 0 Å². The van der Waals surface area contributed by atoms with Crippen molar-refractivity contribution in [2.45, 2.75) is 37.4 Å². The summed E-state index contributed by atoms with van der Waals surface area (Å²) >= 11 is 0. The Hall–Kier alpha value is -3.51. The topological polar surface area (TPSA) is 214 Å². The number of primary amides is 1. The van der Waals surface area contributed by atoms with Gasteiger partial charge < -0.3 is 37.6 Å². The molecule has 0 radical (unpaired) electrons. The highest BCUT2D eigenvalue weighted by Gasteiger charge is 2.26. The molecule has 0 aliphatic heterocycles. The van der Waals surface area contributed by atoms with Crippen molar-refractivity contribution >= 4 is 29.6 Å². The van der Waals surface area contributed by atoms with Crippen LogP contribution in [0.5, 0.6) is 0 Å². The van der Waals surface area contributed by atoms with Crippen molar-refractivity contribution in [1.29, 1.82) is 0 Å². The molecule has 9 N–H and O–H groups in total. The molecular weight excluding hydrogens is 410 g/mol. The van der Waals surface area contributed by atoms with Gasteiger partial charge in [-0.3, -0.25) is 19.2 Å². The second-order valence-electron chi connectivity index (χ2n) is 6.72. The van der Waals surface area contributed by atoms with Crippen LogP contribution in [-0.2, 0) is 30.4 Å². The number of aliphatic hydroxyl groups excluding tert-OH is 1. The first-order chi connectivity index (χ1) is 14.6. The molecule has 0 bridgehead atoms. The predicted octanol–water partition coefficient (Wildman–Crippen LogP) is -3.02. The standard InChI is InChI=1S/C19H27N5O7/c20-12(8-11-4-2-1-3-5-11)17(28)22-9-16(27)23-13(6-7-15(21)26)18(29)24-14(10-25)19(30)31/h1-5,12-14,25H,6-10,20H2,(H2,21,26)(H,22,28)(H,23,27)(H,24,29)(H,30,31). The van der Waals surface area contributed by atoms with E-state index in [4.69, 9.17) is 21.7 Å². The summed E-state index contributed by atoms with van der Waals surface area (Å²) in [4.78, 5) is 58.5. The average Bonchev–Trinajstić information content (AvgIpc) is 2.73. The normalized spacial score (nSPS) is 13.4. The summed E-state index contributed by atoms with van der Waals surface area (Å²) in [6.07, 6.45) is -0.203. The van der Waals surface area contributed by atoms with Gasteiger partial charge in [0.25, 0.3) is 0 Å². The lowest BCUT2D eigenvalue weighted by atomic mass is 10.1. The quantitative estimate of drug-likeness (QED) is 0.168. The molecule has 0 aliphatic carbocycles. The van der Waals surface area contributed by atoms with Gasteiger partial charge in [-0.15, -0.1) is 0 Å². The number of rotatable bonds is 13. The fraction of sp³-hybridized carbons (Fsp3) is 0.421. The van der Waals surface area contributed by atoms with Crippen molar-refractivity contribution < 1.29 is 34.2 Å². The number of carbonyl (C=O) groups is 5. The van der Waals surface area contributed by atoms with Gasteiger partial charge in [0.2, 0.25) is 23.6 Å². The summed E-state index contributed by atoms with van der Waals surface area (Å²) in [6.45, 7) is -1.36. The Morgan fingerprint density at radius 1 is 0.968 bits per heavy atom. The number of nitrogens with two attached hydrogens (primary N) is 2. The molecule has 12 heteroatoms. The van der Waals surface area contributed by atoms with E-state index < -0.39 is 60.9 Å². The van der Waals surface area contributed by atoms with Crippen LogP contribution in [-0.4, -0.2) is 71.1 Å². The number of hydrogen-bond acceptors (Lipinski definition) is 7. The highest BCUT2D eigenvalue weighted by Crippen LogP contribution is 2.02. The molecule has 170 valence electrons. The molecule has 12 nitrogen and oxygen atoms in total. The van der Waals surface area contributed by atoms with Gasteiger partial charge in [-0.05, 0) is 18.4 Å². The van der Waals surface area contributed by atoms with Crippen molar-refractivity contribution in [3.63, 3.8) is 0 Å². The Kier molecular flexibility index (Phi) is 10.6. The second-order valence-corrected chi connectivity index (χ2v) is 6.72. The zero-order chi connectivity index (χ0) is 23.4. The van der Waals surface area contributed by atoms with Crippen molar-refractivity contribution in [1.82, 2.24) is 16.0 Å². The third-order valence-corrected chi connectivity index (χ3v) is 4.19. The van der Waals surface area contributed by atoms with Crippen LogP contribution in [0.1, 0.15) is 18.4 Å². The van der Waals surface area contributed by atoms with E-state index in [1.165, 1.54) is 0 Å². The third-order valence-electron chi connectivity index (χ3n) is 4.19. The first-order valence-corrected chi connectivity index (χ1v) is 9.43. The SMILES string of the molecule is NC(=O)CCC(NC(=O)CNC(=O)C(N)Cc1ccccc1)C(=O)NC(CO)C(=O)O.